The molecule has 0 aromatic rings. The molecule has 0 aliphatic heterocycles. The van der Waals surface area contributed by atoms with E-state index < -0.39 is 26.5 Å². The van der Waals surface area contributed by atoms with E-state index in [4.69, 9.17) is 18.5 Å². The van der Waals surface area contributed by atoms with E-state index in [1.54, 1.807) is 0 Å². The van der Waals surface area contributed by atoms with E-state index in [1.807, 2.05) is 21.1 Å². The van der Waals surface area contributed by atoms with Crippen molar-refractivity contribution in [1.82, 2.24) is 0 Å². The van der Waals surface area contributed by atoms with E-state index in [9.17, 15) is 19.0 Å². The Morgan fingerprint density at radius 3 is 1.19 bits per heavy atom. The highest BCUT2D eigenvalue weighted by molar-refractivity contribution is 7.45. The molecule has 0 amide bonds. The van der Waals surface area contributed by atoms with Crippen molar-refractivity contribution in [3.05, 3.63) is 48.6 Å². The average molecular weight is 978 g/mol. The molecule has 0 aliphatic carbocycles. The summed E-state index contributed by atoms with van der Waals surface area (Å²) in [4.78, 5) is 37.8. The van der Waals surface area contributed by atoms with E-state index in [0.717, 1.165) is 64.2 Å². The summed E-state index contributed by atoms with van der Waals surface area (Å²) >= 11 is 0. The van der Waals surface area contributed by atoms with Crippen molar-refractivity contribution < 1.29 is 42.1 Å². The predicted molar refractivity (Wildman–Crippen MR) is 287 cm³/mol. The molecule has 10 heteroatoms. The first-order chi connectivity index (χ1) is 33.0. The van der Waals surface area contributed by atoms with Gasteiger partial charge in [0.2, 0.25) is 0 Å². The maximum absolute atomic E-state index is 12.8. The first kappa shape index (κ1) is 66.0. The number of esters is 2. The number of phosphoric acid groups is 1. The molecule has 0 radical (unpaired) electrons. The van der Waals surface area contributed by atoms with Crippen LogP contribution in [0.5, 0.6) is 0 Å². The van der Waals surface area contributed by atoms with Gasteiger partial charge in [0.05, 0.1) is 27.7 Å². The third-order valence-corrected chi connectivity index (χ3v) is 13.3. The van der Waals surface area contributed by atoms with Gasteiger partial charge < -0.3 is 27.9 Å². The molecule has 0 saturated carbocycles. The van der Waals surface area contributed by atoms with Gasteiger partial charge in [-0.25, -0.2) is 0 Å². The van der Waals surface area contributed by atoms with Gasteiger partial charge in [0.15, 0.2) is 6.10 Å². The fraction of sp³-hybridized carbons (Fsp3) is 0.828. The molecule has 0 heterocycles. The lowest BCUT2D eigenvalue weighted by Crippen LogP contribution is -2.37. The van der Waals surface area contributed by atoms with Crippen molar-refractivity contribution in [2.75, 3.05) is 47.5 Å². The number of hydrogen-bond donors (Lipinski definition) is 0. The molecule has 2 unspecified atom stereocenters. The van der Waals surface area contributed by atoms with Crippen LogP contribution >= 0.6 is 7.82 Å². The second-order valence-corrected chi connectivity index (χ2v) is 21.7. The molecule has 398 valence electrons. The van der Waals surface area contributed by atoms with Crippen LogP contribution in [0.4, 0.5) is 0 Å². The molecule has 0 saturated heterocycles. The van der Waals surface area contributed by atoms with Gasteiger partial charge in [-0.2, -0.15) is 0 Å². The van der Waals surface area contributed by atoms with Crippen LogP contribution in [-0.2, 0) is 32.7 Å². The van der Waals surface area contributed by atoms with Crippen LogP contribution in [0, 0.1) is 0 Å². The number of carbonyl (C=O) groups is 2. The predicted octanol–water partition coefficient (Wildman–Crippen LogP) is 16.7. The average Bonchev–Trinajstić information content (AvgIpc) is 3.30. The Morgan fingerprint density at radius 1 is 0.456 bits per heavy atom. The van der Waals surface area contributed by atoms with Gasteiger partial charge in [-0.1, -0.05) is 217 Å². The zero-order valence-corrected chi connectivity index (χ0v) is 45.9. The minimum atomic E-state index is -4.63. The number of ether oxygens (including phenoxy) is 2. The summed E-state index contributed by atoms with van der Waals surface area (Å²) in [6, 6.07) is 0. The van der Waals surface area contributed by atoms with Crippen molar-refractivity contribution in [2.24, 2.45) is 0 Å². The van der Waals surface area contributed by atoms with Crippen molar-refractivity contribution in [3.8, 4) is 0 Å². The number of carbonyl (C=O) groups excluding carboxylic acids is 2. The number of unbranched alkanes of at least 4 members (excludes halogenated alkanes) is 30. The first-order valence-electron chi connectivity index (χ1n) is 28.3. The smallest absolute Gasteiger partial charge is 0.306 e. The molecule has 9 nitrogen and oxygen atoms in total. The SMILES string of the molecule is CCCCCCC/C=C\C/C=C\C/C=C\CCCCCCCCCCCCCCC(=O)OC(COC(=O)CCCCCCCCC/C=C\CCCCCCCC)COP(=O)([O-])OCC[N+](C)(C)C. The second-order valence-electron chi connectivity index (χ2n) is 20.3. The molecule has 2 atom stereocenters. The quantitative estimate of drug-likeness (QED) is 0.0195. The molecule has 68 heavy (non-hydrogen) atoms. The summed E-state index contributed by atoms with van der Waals surface area (Å²) in [7, 11) is 1.17. The van der Waals surface area contributed by atoms with Gasteiger partial charge in [-0.15, -0.1) is 0 Å². The minimum Gasteiger partial charge on any atom is -0.756 e. The monoisotopic (exact) mass is 978 g/mol. The molecule has 0 aromatic heterocycles. The van der Waals surface area contributed by atoms with Crippen molar-refractivity contribution in [1.29, 1.82) is 0 Å². The number of phosphoric ester groups is 1. The van der Waals surface area contributed by atoms with Gasteiger partial charge in [-0.3, -0.25) is 14.2 Å². The molecule has 0 fully saturated rings. The van der Waals surface area contributed by atoms with Crippen molar-refractivity contribution in [3.63, 3.8) is 0 Å². The maximum atomic E-state index is 12.8. The Balaban J connectivity index is 4.16. The van der Waals surface area contributed by atoms with Crippen molar-refractivity contribution in [2.45, 2.75) is 264 Å². The van der Waals surface area contributed by atoms with E-state index in [-0.39, 0.29) is 32.0 Å². The normalized spacial score (nSPS) is 13.7. The van der Waals surface area contributed by atoms with Gasteiger partial charge in [0, 0.05) is 12.8 Å². The summed E-state index contributed by atoms with van der Waals surface area (Å²) in [6.45, 7) is 4.24. The van der Waals surface area contributed by atoms with Crippen LogP contribution < -0.4 is 4.89 Å². The lowest BCUT2D eigenvalue weighted by Gasteiger charge is -2.28. The van der Waals surface area contributed by atoms with Crippen LogP contribution in [0.1, 0.15) is 258 Å². The Morgan fingerprint density at radius 2 is 0.794 bits per heavy atom. The highest BCUT2D eigenvalue weighted by Gasteiger charge is 2.21. The summed E-state index contributed by atoms with van der Waals surface area (Å²) in [5, 5.41) is 0. The molecule has 0 aliphatic rings. The topological polar surface area (TPSA) is 111 Å². The molecular formula is C58H108NO8P. The Kier molecular flexibility index (Phi) is 48.4. The third kappa shape index (κ3) is 53.3. The van der Waals surface area contributed by atoms with Gasteiger partial charge in [0.1, 0.15) is 19.8 Å². The minimum absolute atomic E-state index is 0.0321. The van der Waals surface area contributed by atoms with Crippen LogP contribution in [0.3, 0.4) is 0 Å². The lowest BCUT2D eigenvalue weighted by molar-refractivity contribution is -0.870. The number of quaternary nitrogens is 1. The number of rotatable bonds is 52. The van der Waals surface area contributed by atoms with E-state index in [1.165, 1.54) is 161 Å². The maximum Gasteiger partial charge on any atom is 0.306 e. The third-order valence-electron chi connectivity index (χ3n) is 12.3. The Labute approximate surface area is 420 Å². The lowest BCUT2D eigenvalue weighted by atomic mass is 10.0. The molecule has 0 N–H and O–H groups in total. The Hall–Kier alpha value is -2.03. The molecule has 0 spiro atoms. The fourth-order valence-electron chi connectivity index (χ4n) is 7.89. The molecule has 0 bridgehead atoms. The van der Waals surface area contributed by atoms with E-state index >= 15 is 0 Å². The highest BCUT2D eigenvalue weighted by atomic mass is 31.2. The van der Waals surface area contributed by atoms with Crippen molar-refractivity contribution >= 4 is 19.8 Å². The summed E-state index contributed by atoms with van der Waals surface area (Å²) in [5.41, 5.74) is 0. The van der Waals surface area contributed by atoms with Gasteiger partial charge in [-0.05, 0) is 77.0 Å². The summed E-state index contributed by atoms with van der Waals surface area (Å²) in [5.74, 6) is -0.834. The summed E-state index contributed by atoms with van der Waals surface area (Å²) < 4.78 is 34.1. The fourth-order valence-corrected chi connectivity index (χ4v) is 8.62. The van der Waals surface area contributed by atoms with E-state index in [2.05, 4.69) is 62.5 Å². The second kappa shape index (κ2) is 49.9. The zero-order valence-electron chi connectivity index (χ0n) is 45.1. The van der Waals surface area contributed by atoms with Crippen LogP contribution in [-0.4, -0.2) is 70.0 Å². The number of hydrogen-bond acceptors (Lipinski definition) is 8. The summed E-state index contributed by atoms with van der Waals surface area (Å²) in [6.07, 6.45) is 61.5. The van der Waals surface area contributed by atoms with Crippen LogP contribution in [0.25, 0.3) is 0 Å². The van der Waals surface area contributed by atoms with E-state index in [0.29, 0.717) is 17.4 Å². The highest BCUT2D eigenvalue weighted by Crippen LogP contribution is 2.38. The van der Waals surface area contributed by atoms with Crippen LogP contribution in [0.15, 0.2) is 48.6 Å². The molecular weight excluding hydrogens is 870 g/mol. The van der Waals surface area contributed by atoms with Crippen LogP contribution in [0.2, 0.25) is 0 Å². The largest absolute Gasteiger partial charge is 0.756 e. The first-order valence-corrected chi connectivity index (χ1v) is 29.8. The number of nitrogens with zero attached hydrogens (tertiary/aromatic N) is 1. The number of allylic oxidation sites excluding steroid dienone is 8. The molecule has 0 rings (SSSR count). The molecule has 0 aromatic carbocycles. The Bertz CT molecular complexity index is 1290. The standard InChI is InChI=1S/C58H108NO8P/c1-6-8-10-12-14-16-18-20-22-24-25-26-27-28-29-30-31-32-33-35-37-39-41-43-45-47-49-51-58(61)67-56(55-66-68(62,63)65-53-52-59(3,4)5)54-64-57(60)50-48-46-44-42-40-38-36-34-23-21-19-17-15-13-11-9-7-2/h18,20-21,23-25,27-28,56H,6-17,19,22,26,29-55H2,1-5H3/b20-18-,23-21-,25-24-,28-27-. The number of likely N-dealkylation sites (N-methyl/N-ethyl adjacent to an activating group) is 1. The zero-order chi connectivity index (χ0) is 49.9. The van der Waals surface area contributed by atoms with Gasteiger partial charge in [0.25, 0.3) is 7.82 Å². The van der Waals surface area contributed by atoms with Gasteiger partial charge >= 0.3 is 11.9 Å².